The summed E-state index contributed by atoms with van der Waals surface area (Å²) in [5.41, 5.74) is 3.33. The Morgan fingerprint density at radius 1 is 1.43 bits per heavy atom. The van der Waals surface area contributed by atoms with Crippen molar-refractivity contribution in [3.8, 4) is 5.88 Å². The molecule has 0 saturated heterocycles. The molecule has 0 bridgehead atoms. The molecule has 2 aromatic rings. The number of methoxy groups -OCH3 is 1. The minimum atomic E-state index is 0.0952. The smallest absolute Gasteiger partial charge is 0.217 e. The summed E-state index contributed by atoms with van der Waals surface area (Å²) in [6.45, 7) is 1.56. The minimum Gasteiger partial charge on any atom is -0.481 e. The zero-order valence-electron chi connectivity index (χ0n) is 12.4. The number of rotatable bonds is 4. The van der Waals surface area contributed by atoms with Crippen molar-refractivity contribution in [1.82, 2.24) is 19.4 Å². The van der Waals surface area contributed by atoms with Gasteiger partial charge < -0.3 is 14.4 Å². The summed E-state index contributed by atoms with van der Waals surface area (Å²) in [4.78, 5) is 10.9. The van der Waals surface area contributed by atoms with Gasteiger partial charge in [-0.1, -0.05) is 6.07 Å². The molecule has 3 heterocycles. The fraction of sp³-hybridized carbons (Fsp3) is 0.467. The number of pyridine rings is 1. The van der Waals surface area contributed by atoms with Gasteiger partial charge in [0, 0.05) is 50.1 Å². The van der Waals surface area contributed by atoms with E-state index in [0.29, 0.717) is 12.4 Å². The monoisotopic (exact) mass is 288 g/mol. The predicted octanol–water partition coefficient (Wildman–Crippen LogP) is 0.743. The lowest BCUT2D eigenvalue weighted by atomic mass is 10.0. The molecule has 0 fully saturated rings. The van der Waals surface area contributed by atoms with Crippen molar-refractivity contribution in [2.75, 3.05) is 13.7 Å². The fourth-order valence-corrected chi connectivity index (χ4v) is 2.88. The number of nitrogens with zero attached hydrogens (tertiary/aromatic N) is 4. The average molecular weight is 288 g/mol. The van der Waals surface area contributed by atoms with Crippen LogP contribution in [-0.4, -0.2) is 44.3 Å². The van der Waals surface area contributed by atoms with Gasteiger partial charge in [0.15, 0.2) is 0 Å². The van der Waals surface area contributed by atoms with Crippen molar-refractivity contribution in [1.29, 1.82) is 0 Å². The van der Waals surface area contributed by atoms with Crippen LogP contribution in [0.1, 0.15) is 17.0 Å². The SMILES string of the molecule is COc1ncccc1CN1Cc2ncn(C)c2C[C@H]1CO. The molecule has 21 heavy (non-hydrogen) atoms. The molecule has 0 aromatic carbocycles. The normalized spacial score (nSPS) is 18.5. The molecule has 1 aliphatic heterocycles. The Kier molecular flexibility index (Phi) is 3.90. The number of aliphatic hydroxyl groups excluding tert-OH is 1. The third kappa shape index (κ3) is 2.64. The van der Waals surface area contributed by atoms with E-state index in [0.717, 1.165) is 24.2 Å². The second-order valence-electron chi connectivity index (χ2n) is 5.37. The molecule has 0 amide bonds. The van der Waals surface area contributed by atoms with Crippen molar-refractivity contribution < 1.29 is 9.84 Å². The van der Waals surface area contributed by atoms with Crippen LogP contribution in [0.15, 0.2) is 24.7 Å². The highest BCUT2D eigenvalue weighted by Crippen LogP contribution is 2.25. The molecule has 0 saturated carbocycles. The van der Waals surface area contributed by atoms with Gasteiger partial charge in [0.25, 0.3) is 0 Å². The van der Waals surface area contributed by atoms with Crippen molar-refractivity contribution in [2.24, 2.45) is 7.05 Å². The maximum atomic E-state index is 9.70. The van der Waals surface area contributed by atoms with E-state index in [1.165, 1.54) is 5.69 Å². The zero-order chi connectivity index (χ0) is 14.8. The van der Waals surface area contributed by atoms with Crippen LogP contribution >= 0.6 is 0 Å². The molecule has 0 unspecified atom stereocenters. The third-order valence-corrected chi connectivity index (χ3v) is 4.07. The van der Waals surface area contributed by atoms with Gasteiger partial charge in [0.1, 0.15) is 0 Å². The van der Waals surface area contributed by atoms with Crippen LogP contribution in [0.3, 0.4) is 0 Å². The summed E-state index contributed by atoms with van der Waals surface area (Å²) in [5, 5.41) is 9.70. The molecule has 6 heteroatoms. The average Bonchev–Trinajstić information content (AvgIpc) is 2.87. The van der Waals surface area contributed by atoms with Gasteiger partial charge in [0.05, 0.1) is 25.7 Å². The summed E-state index contributed by atoms with van der Waals surface area (Å²) in [5.74, 6) is 0.640. The van der Waals surface area contributed by atoms with Crippen LogP contribution in [0, 0.1) is 0 Å². The number of aromatic nitrogens is 3. The van der Waals surface area contributed by atoms with E-state index in [4.69, 9.17) is 4.74 Å². The lowest BCUT2D eigenvalue weighted by molar-refractivity contribution is 0.0957. The van der Waals surface area contributed by atoms with Crippen LogP contribution in [0.2, 0.25) is 0 Å². The third-order valence-electron chi connectivity index (χ3n) is 4.07. The highest BCUT2D eigenvalue weighted by Gasteiger charge is 2.29. The number of hydrogen-bond acceptors (Lipinski definition) is 5. The van der Waals surface area contributed by atoms with Gasteiger partial charge in [-0.05, 0) is 6.07 Å². The number of aliphatic hydroxyl groups is 1. The molecule has 0 spiro atoms. The highest BCUT2D eigenvalue weighted by atomic mass is 16.5. The van der Waals surface area contributed by atoms with Gasteiger partial charge >= 0.3 is 0 Å². The van der Waals surface area contributed by atoms with Crippen LogP contribution in [-0.2, 0) is 26.6 Å². The summed E-state index contributed by atoms with van der Waals surface area (Å²) < 4.78 is 7.35. The molecule has 1 N–H and O–H groups in total. The topological polar surface area (TPSA) is 63.4 Å². The van der Waals surface area contributed by atoms with Crippen LogP contribution in [0.5, 0.6) is 5.88 Å². The maximum absolute atomic E-state index is 9.70. The molecule has 0 radical (unpaired) electrons. The highest BCUT2D eigenvalue weighted by molar-refractivity contribution is 5.26. The lowest BCUT2D eigenvalue weighted by Crippen LogP contribution is -2.42. The van der Waals surface area contributed by atoms with Crippen LogP contribution < -0.4 is 4.74 Å². The number of fused-ring (bicyclic) bond motifs is 1. The summed E-state index contributed by atoms with van der Waals surface area (Å²) in [6, 6.07) is 4.01. The van der Waals surface area contributed by atoms with Gasteiger partial charge in [-0.2, -0.15) is 0 Å². The summed E-state index contributed by atoms with van der Waals surface area (Å²) in [6.07, 6.45) is 4.37. The molecular formula is C15H20N4O2. The van der Waals surface area contributed by atoms with Gasteiger partial charge in [0.2, 0.25) is 5.88 Å². The standard InChI is InChI=1S/C15H20N4O2/c1-18-10-17-13-8-19(12(9-20)6-14(13)18)7-11-4-3-5-16-15(11)21-2/h3-5,10,12,20H,6-9H2,1-2H3/t12-/m0/s1. The maximum Gasteiger partial charge on any atom is 0.217 e. The Morgan fingerprint density at radius 3 is 3.05 bits per heavy atom. The number of ether oxygens (including phenoxy) is 1. The largest absolute Gasteiger partial charge is 0.481 e. The Morgan fingerprint density at radius 2 is 2.29 bits per heavy atom. The Bertz CT molecular complexity index is 626. The van der Waals surface area contributed by atoms with Crippen LogP contribution in [0.4, 0.5) is 0 Å². The van der Waals surface area contributed by atoms with E-state index in [9.17, 15) is 5.11 Å². The first-order valence-corrected chi connectivity index (χ1v) is 7.04. The molecule has 1 aliphatic rings. The number of aryl methyl sites for hydroxylation is 1. The molecular weight excluding hydrogens is 268 g/mol. The number of hydrogen-bond donors (Lipinski definition) is 1. The summed E-state index contributed by atoms with van der Waals surface area (Å²) >= 11 is 0. The second-order valence-corrected chi connectivity index (χ2v) is 5.37. The zero-order valence-corrected chi connectivity index (χ0v) is 12.4. The van der Waals surface area contributed by atoms with Crippen molar-refractivity contribution >= 4 is 0 Å². The molecule has 0 aliphatic carbocycles. The fourth-order valence-electron chi connectivity index (χ4n) is 2.88. The minimum absolute atomic E-state index is 0.0952. The molecule has 112 valence electrons. The summed E-state index contributed by atoms with van der Waals surface area (Å²) in [7, 11) is 3.63. The molecule has 2 aromatic heterocycles. The Hall–Kier alpha value is -1.92. The van der Waals surface area contributed by atoms with E-state index in [2.05, 4.69) is 14.9 Å². The first-order chi connectivity index (χ1) is 10.2. The van der Waals surface area contributed by atoms with Crippen molar-refractivity contribution in [3.05, 3.63) is 41.6 Å². The lowest BCUT2D eigenvalue weighted by Gasteiger charge is -2.34. The van der Waals surface area contributed by atoms with E-state index in [-0.39, 0.29) is 12.6 Å². The van der Waals surface area contributed by atoms with Crippen LogP contribution in [0.25, 0.3) is 0 Å². The predicted molar refractivity (Wildman–Crippen MR) is 77.8 cm³/mol. The van der Waals surface area contributed by atoms with Crippen molar-refractivity contribution in [3.63, 3.8) is 0 Å². The Labute approximate surface area is 124 Å². The quantitative estimate of drug-likeness (QED) is 0.899. The first kappa shape index (κ1) is 14.0. The molecule has 3 rings (SSSR count). The Balaban J connectivity index is 1.84. The van der Waals surface area contributed by atoms with Gasteiger partial charge in [-0.15, -0.1) is 0 Å². The molecule has 6 nitrogen and oxygen atoms in total. The van der Waals surface area contributed by atoms with E-state index >= 15 is 0 Å². The number of imidazole rings is 1. The van der Waals surface area contributed by atoms with Gasteiger partial charge in [-0.25, -0.2) is 9.97 Å². The molecule has 1 atom stereocenters. The van der Waals surface area contributed by atoms with Gasteiger partial charge in [-0.3, -0.25) is 4.90 Å². The van der Waals surface area contributed by atoms with E-state index in [1.54, 1.807) is 13.3 Å². The van der Waals surface area contributed by atoms with E-state index in [1.807, 2.05) is 30.1 Å². The van der Waals surface area contributed by atoms with Crippen molar-refractivity contribution in [2.45, 2.75) is 25.6 Å². The van der Waals surface area contributed by atoms with E-state index < -0.39 is 0 Å². The first-order valence-electron chi connectivity index (χ1n) is 7.04. The second kappa shape index (κ2) is 5.83.